The van der Waals surface area contributed by atoms with Crippen LogP contribution >= 0.6 is 15.9 Å². The number of pyridine rings is 1. The third-order valence-electron chi connectivity index (χ3n) is 4.77. The SMILES string of the molecule is O=C(OCc1ccccc1)N1CCN(c2nccc3c(Br)cccc23)CC1. The van der Waals surface area contributed by atoms with E-state index in [0.29, 0.717) is 19.7 Å². The summed E-state index contributed by atoms with van der Waals surface area (Å²) < 4.78 is 6.50. The molecule has 0 N–H and O–H groups in total. The first-order valence-electron chi connectivity index (χ1n) is 8.96. The molecule has 1 fully saturated rings. The zero-order valence-corrected chi connectivity index (χ0v) is 16.4. The molecule has 138 valence electrons. The summed E-state index contributed by atoms with van der Waals surface area (Å²) in [4.78, 5) is 20.9. The molecule has 1 amide bonds. The van der Waals surface area contributed by atoms with Gasteiger partial charge in [0.2, 0.25) is 0 Å². The van der Waals surface area contributed by atoms with Gasteiger partial charge in [-0.1, -0.05) is 58.4 Å². The van der Waals surface area contributed by atoms with E-state index in [0.717, 1.165) is 39.7 Å². The molecule has 0 unspecified atom stereocenters. The smallest absolute Gasteiger partial charge is 0.410 e. The van der Waals surface area contributed by atoms with Crippen LogP contribution in [0.5, 0.6) is 0 Å². The van der Waals surface area contributed by atoms with Crippen LogP contribution in [0.15, 0.2) is 65.3 Å². The number of piperazine rings is 1. The first-order valence-corrected chi connectivity index (χ1v) is 9.75. The Bertz CT molecular complexity index is 941. The van der Waals surface area contributed by atoms with E-state index < -0.39 is 0 Å². The largest absolute Gasteiger partial charge is 0.445 e. The molecule has 5 nitrogen and oxygen atoms in total. The van der Waals surface area contributed by atoms with E-state index in [9.17, 15) is 4.79 Å². The van der Waals surface area contributed by atoms with E-state index in [-0.39, 0.29) is 6.09 Å². The molecule has 2 heterocycles. The number of halogens is 1. The van der Waals surface area contributed by atoms with Gasteiger partial charge in [0.15, 0.2) is 0 Å². The number of hydrogen-bond donors (Lipinski definition) is 0. The minimum Gasteiger partial charge on any atom is -0.445 e. The Labute approximate surface area is 166 Å². The fraction of sp³-hybridized carbons (Fsp3) is 0.238. The van der Waals surface area contributed by atoms with Crippen LogP contribution in [-0.2, 0) is 11.3 Å². The first kappa shape index (κ1) is 17.8. The monoisotopic (exact) mass is 425 g/mol. The van der Waals surface area contributed by atoms with Crippen LogP contribution in [0, 0.1) is 0 Å². The number of carbonyl (C=O) groups is 1. The van der Waals surface area contributed by atoms with Crippen molar-refractivity contribution in [3.8, 4) is 0 Å². The van der Waals surface area contributed by atoms with Gasteiger partial charge < -0.3 is 14.5 Å². The quantitative estimate of drug-likeness (QED) is 0.621. The summed E-state index contributed by atoms with van der Waals surface area (Å²) in [7, 11) is 0. The highest BCUT2D eigenvalue weighted by atomic mass is 79.9. The van der Waals surface area contributed by atoms with Crippen LogP contribution in [0.1, 0.15) is 5.56 Å². The summed E-state index contributed by atoms with van der Waals surface area (Å²) in [5.74, 6) is 0.964. The number of fused-ring (bicyclic) bond motifs is 1. The van der Waals surface area contributed by atoms with Gasteiger partial charge >= 0.3 is 6.09 Å². The summed E-state index contributed by atoms with van der Waals surface area (Å²) in [6.07, 6.45) is 1.58. The van der Waals surface area contributed by atoms with Crippen molar-refractivity contribution in [1.82, 2.24) is 9.88 Å². The molecule has 0 spiro atoms. The van der Waals surface area contributed by atoms with E-state index in [1.165, 1.54) is 0 Å². The number of hydrogen-bond acceptors (Lipinski definition) is 4. The summed E-state index contributed by atoms with van der Waals surface area (Å²) in [5, 5.41) is 2.26. The number of nitrogens with zero attached hydrogens (tertiary/aromatic N) is 3. The number of rotatable bonds is 3. The van der Waals surface area contributed by atoms with E-state index in [4.69, 9.17) is 4.74 Å². The van der Waals surface area contributed by atoms with Crippen molar-refractivity contribution in [3.05, 3.63) is 70.8 Å². The molecule has 1 aromatic heterocycles. The average molecular weight is 426 g/mol. The number of amides is 1. The van der Waals surface area contributed by atoms with Crippen molar-refractivity contribution in [2.24, 2.45) is 0 Å². The highest BCUT2D eigenvalue weighted by molar-refractivity contribution is 9.10. The van der Waals surface area contributed by atoms with Gasteiger partial charge in [0, 0.05) is 47.6 Å². The summed E-state index contributed by atoms with van der Waals surface area (Å²) in [5.41, 5.74) is 0.995. The van der Waals surface area contributed by atoms with Crippen LogP contribution in [0.3, 0.4) is 0 Å². The molecule has 2 aromatic carbocycles. The summed E-state index contributed by atoms with van der Waals surface area (Å²) in [6, 6.07) is 17.9. The highest BCUT2D eigenvalue weighted by Crippen LogP contribution is 2.30. The van der Waals surface area contributed by atoms with Crippen molar-refractivity contribution in [1.29, 1.82) is 0 Å². The molecular formula is C21H20BrN3O2. The first-order chi connectivity index (χ1) is 13.2. The van der Waals surface area contributed by atoms with Crippen molar-refractivity contribution in [2.75, 3.05) is 31.1 Å². The van der Waals surface area contributed by atoms with Gasteiger partial charge in [-0.3, -0.25) is 0 Å². The molecular weight excluding hydrogens is 406 g/mol. The fourth-order valence-corrected chi connectivity index (χ4v) is 3.82. The molecule has 27 heavy (non-hydrogen) atoms. The van der Waals surface area contributed by atoms with Crippen molar-refractivity contribution in [2.45, 2.75) is 6.61 Å². The standard InChI is InChI=1S/C21H20BrN3O2/c22-19-8-4-7-18-17(19)9-10-23-20(18)24-11-13-25(14-12-24)21(26)27-15-16-5-2-1-3-6-16/h1-10H,11-15H2. The van der Waals surface area contributed by atoms with E-state index in [2.05, 4.69) is 31.9 Å². The Morgan fingerprint density at radius 1 is 0.963 bits per heavy atom. The summed E-state index contributed by atoms with van der Waals surface area (Å²) >= 11 is 3.60. The number of carbonyl (C=O) groups excluding carboxylic acids is 1. The summed E-state index contributed by atoms with van der Waals surface area (Å²) in [6.45, 7) is 3.02. The molecule has 1 aliphatic heterocycles. The predicted molar refractivity (Wildman–Crippen MR) is 110 cm³/mol. The van der Waals surface area contributed by atoms with Gasteiger partial charge in [-0.05, 0) is 17.7 Å². The maximum atomic E-state index is 12.3. The maximum Gasteiger partial charge on any atom is 0.410 e. The Balaban J connectivity index is 1.39. The van der Waals surface area contributed by atoms with Gasteiger partial charge in [0.1, 0.15) is 12.4 Å². The van der Waals surface area contributed by atoms with Crippen LogP contribution in [0.2, 0.25) is 0 Å². The Hall–Kier alpha value is -2.60. The topological polar surface area (TPSA) is 45.7 Å². The predicted octanol–water partition coefficient (Wildman–Crippen LogP) is 4.46. The number of aromatic nitrogens is 1. The zero-order valence-electron chi connectivity index (χ0n) is 14.8. The third-order valence-corrected chi connectivity index (χ3v) is 5.47. The lowest BCUT2D eigenvalue weighted by molar-refractivity contribution is 0.0941. The highest BCUT2D eigenvalue weighted by Gasteiger charge is 2.24. The second-order valence-corrected chi connectivity index (χ2v) is 7.34. The number of ether oxygens (including phenoxy) is 1. The second kappa shape index (κ2) is 7.96. The molecule has 3 aromatic rings. The molecule has 0 radical (unpaired) electrons. The maximum absolute atomic E-state index is 12.3. The van der Waals surface area contributed by atoms with E-state index >= 15 is 0 Å². The fourth-order valence-electron chi connectivity index (χ4n) is 3.32. The Morgan fingerprint density at radius 2 is 1.74 bits per heavy atom. The van der Waals surface area contributed by atoms with Gasteiger partial charge in [-0.15, -0.1) is 0 Å². The van der Waals surface area contributed by atoms with Crippen molar-refractivity contribution < 1.29 is 9.53 Å². The Kier molecular flexibility index (Phi) is 5.25. The van der Waals surface area contributed by atoms with Gasteiger partial charge in [-0.2, -0.15) is 0 Å². The number of benzene rings is 2. The number of anilines is 1. The van der Waals surface area contributed by atoms with Gasteiger partial charge in [-0.25, -0.2) is 9.78 Å². The van der Waals surface area contributed by atoms with E-state index in [1.807, 2.05) is 54.7 Å². The average Bonchev–Trinajstić information content (AvgIpc) is 2.73. The lowest BCUT2D eigenvalue weighted by atomic mass is 10.1. The van der Waals surface area contributed by atoms with Crippen molar-refractivity contribution >= 4 is 38.6 Å². The van der Waals surface area contributed by atoms with E-state index in [1.54, 1.807) is 4.90 Å². The van der Waals surface area contributed by atoms with Crippen LogP contribution in [-0.4, -0.2) is 42.2 Å². The van der Waals surface area contributed by atoms with Crippen LogP contribution in [0.25, 0.3) is 10.8 Å². The minimum atomic E-state index is -0.257. The molecule has 0 aliphatic carbocycles. The molecule has 1 saturated heterocycles. The van der Waals surface area contributed by atoms with Crippen LogP contribution in [0.4, 0.5) is 10.6 Å². The molecule has 0 saturated carbocycles. The molecule has 1 aliphatic rings. The normalized spacial score (nSPS) is 14.4. The molecule has 0 atom stereocenters. The van der Waals surface area contributed by atoms with Crippen molar-refractivity contribution in [3.63, 3.8) is 0 Å². The van der Waals surface area contributed by atoms with Gasteiger partial charge in [0.25, 0.3) is 0 Å². The second-order valence-electron chi connectivity index (χ2n) is 6.48. The zero-order chi connectivity index (χ0) is 18.6. The minimum absolute atomic E-state index is 0.257. The third kappa shape index (κ3) is 3.90. The van der Waals surface area contributed by atoms with Gasteiger partial charge in [0.05, 0.1) is 0 Å². The lowest BCUT2D eigenvalue weighted by Crippen LogP contribution is -2.49. The molecule has 0 bridgehead atoms. The Morgan fingerprint density at radius 3 is 2.52 bits per heavy atom. The lowest BCUT2D eigenvalue weighted by Gasteiger charge is -2.35. The van der Waals surface area contributed by atoms with Crippen LogP contribution < -0.4 is 4.90 Å². The molecule has 6 heteroatoms. The molecule has 4 rings (SSSR count).